The molecule has 0 bridgehead atoms. The number of ether oxygens (including phenoxy) is 1. The summed E-state index contributed by atoms with van der Waals surface area (Å²) in [5.74, 6) is -1.06. The average molecular weight is 524 g/mol. The summed E-state index contributed by atoms with van der Waals surface area (Å²) >= 11 is 0. The molecule has 3 aromatic carbocycles. The second-order valence-corrected chi connectivity index (χ2v) is 9.61. The number of aryl methyl sites for hydroxylation is 2. The summed E-state index contributed by atoms with van der Waals surface area (Å²) in [6.07, 6.45) is 4.81. The van der Waals surface area contributed by atoms with Gasteiger partial charge >= 0.3 is 0 Å². The van der Waals surface area contributed by atoms with E-state index in [4.69, 9.17) is 9.94 Å². The molecule has 5 nitrogen and oxygen atoms in total. The molecule has 38 heavy (non-hydrogen) atoms. The number of unbranched alkanes of at least 4 members (excludes halogenated alkanes) is 4. The molecule has 3 aromatic rings. The fourth-order valence-corrected chi connectivity index (χ4v) is 5.03. The molecular formula is C31H35F2NO4. The second kappa shape index (κ2) is 13.4. The predicted octanol–water partition coefficient (Wildman–Crippen LogP) is 6.94. The number of ketones is 1. The van der Waals surface area contributed by atoms with E-state index >= 15 is 0 Å². The van der Waals surface area contributed by atoms with E-state index in [0.717, 1.165) is 42.4 Å². The molecule has 0 spiro atoms. The van der Waals surface area contributed by atoms with Gasteiger partial charge < -0.3 is 4.74 Å². The number of hydrogen-bond donors (Lipinski definition) is 2. The maximum atomic E-state index is 14.0. The molecule has 202 valence electrons. The van der Waals surface area contributed by atoms with Crippen molar-refractivity contribution < 1.29 is 28.3 Å². The van der Waals surface area contributed by atoms with Crippen molar-refractivity contribution in [2.75, 3.05) is 7.11 Å². The van der Waals surface area contributed by atoms with Crippen LogP contribution in [0.2, 0.25) is 0 Å². The van der Waals surface area contributed by atoms with Gasteiger partial charge in [-0.3, -0.25) is 14.8 Å². The summed E-state index contributed by atoms with van der Waals surface area (Å²) in [6, 6.07) is 16.3. The van der Waals surface area contributed by atoms with Crippen LogP contribution in [0, 0.1) is 25.5 Å². The fraction of sp³-hybridized carbons (Fsp3) is 0.355. The van der Waals surface area contributed by atoms with Gasteiger partial charge in [0.2, 0.25) is 5.91 Å². The molecule has 0 aromatic heterocycles. The predicted molar refractivity (Wildman–Crippen MR) is 142 cm³/mol. The molecule has 0 atom stereocenters. The van der Waals surface area contributed by atoms with Crippen molar-refractivity contribution in [3.63, 3.8) is 0 Å². The number of benzene rings is 3. The molecular weight excluding hydrogens is 488 g/mol. The minimum absolute atomic E-state index is 0.0372. The van der Waals surface area contributed by atoms with Gasteiger partial charge in [0.15, 0.2) is 5.78 Å². The van der Waals surface area contributed by atoms with Crippen molar-refractivity contribution in [2.24, 2.45) is 0 Å². The average Bonchev–Trinajstić information content (AvgIpc) is 2.90. The van der Waals surface area contributed by atoms with Gasteiger partial charge in [-0.1, -0.05) is 55.7 Å². The van der Waals surface area contributed by atoms with E-state index in [1.807, 2.05) is 26.0 Å². The standard InChI is InChI=1S/C31H35F2NO4/c1-21-19-25(32)15-17-27(21)31(38-3,28-18-16-26(33)20-22(28)2)24-13-11-23(12-14-24)29(35)9-7-5-4-6-8-10-30(36)34-37/h11-20,37H,4-10H2,1-3H3,(H,34,36). The molecule has 0 saturated heterocycles. The normalized spacial score (nSPS) is 11.4. The first-order valence-corrected chi connectivity index (χ1v) is 12.9. The Morgan fingerprint density at radius 3 is 1.76 bits per heavy atom. The van der Waals surface area contributed by atoms with Gasteiger partial charge in [0.25, 0.3) is 0 Å². The molecule has 7 heteroatoms. The minimum Gasteiger partial charge on any atom is -0.364 e. The number of rotatable bonds is 13. The Bertz CT molecular complexity index is 1210. The highest BCUT2D eigenvalue weighted by Gasteiger charge is 2.39. The third-order valence-corrected chi connectivity index (χ3v) is 6.99. The highest BCUT2D eigenvalue weighted by Crippen LogP contribution is 2.43. The largest absolute Gasteiger partial charge is 0.364 e. The van der Waals surface area contributed by atoms with Crippen LogP contribution in [0.15, 0.2) is 60.7 Å². The summed E-state index contributed by atoms with van der Waals surface area (Å²) in [5, 5.41) is 8.51. The Hall–Kier alpha value is -3.42. The fourth-order valence-electron chi connectivity index (χ4n) is 5.03. The lowest BCUT2D eigenvalue weighted by Crippen LogP contribution is -2.33. The van der Waals surface area contributed by atoms with Crippen molar-refractivity contribution in [3.8, 4) is 0 Å². The zero-order chi connectivity index (χ0) is 27.7. The molecule has 0 fully saturated rings. The molecule has 3 rings (SSSR count). The molecule has 0 aliphatic carbocycles. The number of carbonyl (C=O) groups excluding carboxylic acids is 2. The van der Waals surface area contributed by atoms with Crippen molar-refractivity contribution in [1.29, 1.82) is 0 Å². The highest BCUT2D eigenvalue weighted by atomic mass is 19.1. The van der Waals surface area contributed by atoms with E-state index in [1.54, 1.807) is 36.9 Å². The number of amides is 1. The quantitative estimate of drug-likeness (QED) is 0.0837. The smallest absolute Gasteiger partial charge is 0.243 e. The number of hydroxylamine groups is 1. The van der Waals surface area contributed by atoms with Crippen molar-refractivity contribution >= 4 is 11.7 Å². The zero-order valence-electron chi connectivity index (χ0n) is 22.2. The number of carbonyl (C=O) groups is 2. The lowest BCUT2D eigenvalue weighted by molar-refractivity contribution is -0.129. The van der Waals surface area contributed by atoms with Crippen LogP contribution in [0.5, 0.6) is 0 Å². The Kier molecular flexibility index (Phi) is 10.3. The Morgan fingerprint density at radius 1 is 0.789 bits per heavy atom. The number of hydrogen-bond acceptors (Lipinski definition) is 4. The molecule has 0 aliphatic heterocycles. The first-order chi connectivity index (χ1) is 18.2. The van der Waals surface area contributed by atoms with E-state index < -0.39 is 5.60 Å². The van der Waals surface area contributed by atoms with Gasteiger partial charge in [0, 0.05) is 25.5 Å². The van der Waals surface area contributed by atoms with E-state index in [0.29, 0.717) is 36.0 Å². The van der Waals surface area contributed by atoms with Gasteiger partial charge in [-0.25, -0.2) is 14.3 Å². The summed E-state index contributed by atoms with van der Waals surface area (Å²) in [4.78, 5) is 23.8. The number of halogens is 2. The third-order valence-electron chi connectivity index (χ3n) is 6.99. The molecule has 2 N–H and O–H groups in total. The van der Waals surface area contributed by atoms with Crippen LogP contribution in [0.3, 0.4) is 0 Å². The first-order valence-electron chi connectivity index (χ1n) is 12.9. The summed E-state index contributed by atoms with van der Waals surface area (Å²) in [7, 11) is 1.57. The van der Waals surface area contributed by atoms with Crippen LogP contribution < -0.4 is 5.48 Å². The zero-order valence-corrected chi connectivity index (χ0v) is 22.2. The van der Waals surface area contributed by atoms with Crippen LogP contribution in [0.1, 0.15) is 83.1 Å². The van der Waals surface area contributed by atoms with Crippen LogP contribution >= 0.6 is 0 Å². The van der Waals surface area contributed by atoms with Gasteiger partial charge in [-0.15, -0.1) is 0 Å². The first kappa shape index (κ1) is 29.1. The minimum atomic E-state index is -1.13. The topological polar surface area (TPSA) is 75.6 Å². The second-order valence-electron chi connectivity index (χ2n) is 9.61. The van der Waals surface area contributed by atoms with E-state index in [1.165, 1.54) is 24.3 Å². The monoisotopic (exact) mass is 523 g/mol. The van der Waals surface area contributed by atoms with Crippen molar-refractivity contribution in [1.82, 2.24) is 5.48 Å². The van der Waals surface area contributed by atoms with E-state index in [-0.39, 0.29) is 23.3 Å². The maximum Gasteiger partial charge on any atom is 0.243 e. The summed E-state index contributed by atoms with van der Waals surface area (Å²) in [5.41, 5.74) is 4.65. The van der Waals surface area contributed by atoms with Gasteiger partial charge in [0.1, 0.15) is 17.2 Å². The maximum absolute atomic E-state index is 14.0. The van der Waals surface area contributed by atoms with Crippen LogP contribution in [-0.4, -0.2) is 24.0 Å². The molecule has 1 amide bonds. The Labute approximate surface area is 222 Å². The molecule has 0 heterocycles. The highest BCUT2D eigenvalue weighted by molar-refractivity contribution is 5.96. The van der Waals surface area contributed by atoms with Gasteiger partial charge in [-0.2, -0.15) is 0 Å². The van der Waals surface area contributed by atoms with E-state index in [2.05, 4.69) is 0 Å². The lowest BCUT2D eigenvalue weighted by atomic mass is 9.76. The molecule has 0 radical (unpaired) electrons. The molecule has 0 aliphatic rings. The Morgan fingerprint density at radius 2 is 1.29 bits per heavy atom. The van der Waals surface area contributed by atoms with E-state index in [9.17, 15) is 18.4 Å². The lowest BCUT2D eigenvalue weighted by Gasteiger charge is -2.36. The van der Waals surface area contributed by atoms with Crippen LogP contribution in [0.25, 0.3) is 0 Å². The van der Waals surface area contributed by atoms with Gasteiger partial charge in [0.05, 0.1) is 0 Å². The summed E-state index contributed by atoms with van der Waals surface area (Å²) < 4.78 is 34.2. The summed E-state index contributed by atoms with van der Waals surface area (Å²) in [6.45, 7) is 3.62. The Balaban J connectivity index is 1.81. The third kappa shape index (κ3) is 6.71. The van der Waals surface area contributed by atoms with Crippen molar-refractivity contribution in [3.05, 3.63) is 106 Å². The SMILES string of the molecule is COC(c1ccc(C(=O)CCCCCCCC(=O)NO)cc1)(c1ccc(F)cc1C)c1ccc(F)cc1C. The van der Waals surface area contributed by atoms with Gasteiger partial charge in [-0.05, 0) is 78.8 Å². The number of Topliss-reactive ketones (excluding diaryl/α,β-unsaturated/α-hetero) is 1. The molecule has 0 unspecified atom stereocenters. The van der Waals surface area contributed by atoms with Crippen LogP contribution in [0.4, 0.5) is 8.78 Å². The molecule has 0 saturated carbocycles. The van der Waals surface area contributed by atoms with Crippen LogP contribution in [-0.2, 0) is 15.1 Å². The number of nitrogens with one attached hydrogen (secondary N) is 1. The number of methoxy groups -OCH3 is 1. The van der Waals surface area contributed by atoms with Crippen molar-refractivity contribution in [2.45, 2.75) is 64.4 Å².